The van der Waals surface area contributed by atoms with E-state index in [2.05, 4.69) is 6.58 Å². The fourth-order valence-electron chi connectivity index (χ4n) is 0.695. The maximum absolute atomic E-state index is 10.7. The van der Waals surface area contributed by atoms with Crippen LogP contribution in [0.5, 0.6) is 0 Å². The van der Waals surface area contributed by atoms with Crippen molar-refractivity contribution in [2.45, 2.75) is 13.3 Å². The number of nitrogens with two attached hydrogens (primary N) is 2. The average Bonchev–Trinajstić information content (AvgIpc) is 2.01. The summed E-state index contributed by atoms with van der Waals surface area (Å²) in [6.07, 6.45) is 5.73. The second-order valence-electron chi connectivity index (χ2n) is 2.25. The Morgan fingerprint density at radius 3 is 2.42 bits per heavy atom. The monoisotopic (exact) mass is 166 g/mol. The van der Waals surface area contributed by atoms with Crippen LogP contribution in [0.3, 0.4) is 0 Å². The number of carbonyl (C=O) groups is 1. The van der Waals surface area contributed by atoms with E-state index in [9.17, 15) is 4.79 Å². The van der Waals surface area contributed by atoms with E-state index in [1.54, 1.807) is 6.08 Å². The molecule has 3 nitrogen and oxygen atoms in total. The molecule has 0 aliphatic carbocycles. The molecule has 66 valence electrons. The molecular formula is C9H14N2O. The van der Waals surface area contributed by atoms with Crippen LogP contribution in [-0.2, 0) is 4.79 Å². The predicted octanol–water partition coefficient (Wildman–Crippen LogP) is 0.837. The highest BCUT2D eigenvalue weighted by Crippen LogP contribution is 2.01. The van der Waals surface area contributed by atoms with Crippen LogP contribution in [0, 0.1) is 0 Å². The smallest absolute Gasteiger partial charge is 0.250 e. The van der Waals surface area contributed by atoms with Gasteiger partial charge in [0.2, 0.25) is 0 Å². The van der Waals surface area contributed by atoms with Crippen LogP contribution in [0.15, 0.2) is 36.1 Å². The number of primary amides is 1. The first-order valence-corrected chi connectivity index (χ1v) is 3.72. The second-order valence-corrected chi connectivity index (χ2v) is 2.25. The molecule has 0 bridgehead atoms. The molecule has 0 saturated carbocycles. The molecule has 1 amide bonds. The fourth-order valence-corrected chi connectivity index (χ4v) is 0.695. The molecule has 0 unspecified atom stereocenters. The molecule has 3 heteroatoms. The minimum Gasteiger partial charge on any atom is -0.398 e. The lowest BCUT2D eigenvalue weighted by Crippen LogP contribution is -2.16. The summed E-state index contributed by atoms with van der Waals surface area (Å²) >= 11 is 0. The molecule has 0 spiro atoms. The normalized spacial score (nSPS) is 12.8. The van der Waals surface area contributed by atoms with Crippen LogP contribution in [0.2, 0.25) is 0 Å². The van der Waals surface area contributed by atoms with Crippen molar-refractivity contribution in [1.29, 1.82) is 0 Å². The van der Waals surface area contributed by atoms with Crippen molar-refractivity contribution in [1.82, 2.24) is 0 Å². The van der Waals surface area contributed by atoms with Crippen molar-refractivity contribution in [2.75, 3.05) is 0 Å². The van der Waals surface area contributed by atoms with Gasteiger partial charge in [0, 0.05) is 5.70 Å². The van der Waals surface area contributed by atoms with Gasteiger partial charge in [0.05, 0.1) is 5.57 Å². The van der Waals surface area contributed by atoms with Crippen molar-refractivity contribution in [3.63, 3.8) is 0 Å². The zero-order chi connectivity index (χ0) is 9.56. The summed E-state index contributed by atoms with van der Waals surface area (Å²) in [5.41, 5.74) is 11.2. The third-order valence-corrected chi connectivity index (χ3v) is 1.31. The van der Waals surface area contributed by atoms with Gasteiger partial charge in [-0.2, -0.15) is 0 Å². The quantitative estimate of drug-likeness (QED) is 0.480. The Morgan fingerprint density at radius 2 is 2.08 bits per heavy atom. The third kappa shape index (κ3) is 3.05. The number of rotatable bonds is 4. The summed E-state index contributed by atoms with van der Waals surface area (Å²) in [4.78, 5) is 10.7. The van der Waals surface area contributed by atoms with Gasteiger partial charge in [-0.1, -0.05) is 25.7 Å². The van der Waals surface area contributed by atoms with Gasteiger partial charge in [-0.3, -0.25) is 4.79 Å². The highest BCUT2D eigenvalue weighted by Gasteiger charge is 2.02. The Bertz CT molecular complexity index is 239. The minimum atomic E-state index is -0.553. The van der Waals surface area contributed by atoms with Gasteiger partial charge in [-0.15, -0.1) is 0 Å². The van der Waals surface area contributed by atoms with E-state index in [0.29, 0.717) is 5.70 Å². The standard InChI is InChI=1S/C9H14N2O/c1-3-5-6-8(10)7(4-2)9(11)12/h4-6H,2-3,10H2,1H3,(H2,11,12)/b6-5-,8-7-. The van der Waals surface area contributed by atoms with E-state index in [4.69, 9.17) is 11.5 Å². The Hall–Kier alpha value is -1.51. The molecule has 0 atom stereocenters. The van der Waals surface area contributed by atoms with Gasteiger partial charge in [0.15, 0.2) is 0 Å². The summed E-state index contributed by atoms with van der Waals surface area (Å²) in [5.74, 6) is -0.553. The third-order valence-electron chi connectivity index (χ3n) is 1.31. The number of carbonyl (C=O) groups excluding carboxylic acids is 1. The van der Waals surface area contributed by atoms with Crippen LogP contribution in [0.4, 0.5) is 0 Å². The van der Waals surface area contributed by atoms with Gasteiger partial charge in [-0.25, -0.2) is 0 Å². The molecule has 0 fully saturated rings. The fraction of sp³-hybridized carbons (Fsp3) is 0.222. The molecule has 4 N–H and O–H groups in total. The molecule has 0 saturated heterocycles. The topological polar surface area (TPSA) is 69.1 Å². The number of amides is 1. The molecule has 12 heavy (non-hydrogen) atoms. The lowest BCUT2D eigenvalue weighted by molar-refractivity contribution is -0.114. The van der Waals surface area contributed by atoms with Crippen LogP contribution in [-0.4, -0.2) is 5.91 Å². The van der Waals surface area contributed by atoms with Gasteiger partial charge in [0.25, 0.3) is 5.91 Å². The zero-order valence-corrected chi connectivity index (χ0v) is 7.21. The maximum atomic E-state index is 10.7. The molecule has 0 aromatic carbocycles. The first kappa shape index (κ1) is 10.5. The molecule has 0 heterocycles. The molecule has 0 aromatic rings. The Labute approximate surface area is 72.4 Å². The molecular weight excluding hydrogens is 152 g/mol. The molecule has 0 rings (SSSR count). The van der Waals surface area contributed by atoms with Gasteiger partial charge < -0.3 is 11.5 Å². The summed E-state index contributed by atoms with van der Waals surface area (Å²) in [5, 5.41) is 0. The number of allylic oxidation sites excluding steroid dienone is 2. The summed E-state index contributed by atoms with van der Waals surface area (Å²) < 4.78 is 0. The average molecular weight is 166 g/mol. The Balaban J connectivity index is 4.72. The zero-order valence-electron chi connectivity index (χ0n) is 7.21. The van der Waals surface area contributed by atoms with Crippen molar-refractivity contribution in [3.05, 3.63) is 36.1 Å². The number of hydrogen-bond donors (Lipinski definition) is 2. The van der Waals surface area contributed by atoms with E-state index in [-0.39, 0.29) is 5.57 Å². The highest BCUT2D eigenvalue weighted by molar-refractivity contribution is 5.95. The Kier molecular flexibility index (Phi) is 4.53. The lowest BCUT2D eigenvalue weighted by atomic mass is 10.2. The van der Waals surface area contributed by atoms with E-state index < -0.39 is 5.91 Å². The molecule has 0 radical (unpaired) electrons. The van der Waals surface area contributed by atoms with E-state index in [1.165, 1.54) is 6.08 Å². The SMILES string of the molecule is C=C/C(C(N)=O)=C(N)\C=C/CC. The van der Waals surface area contributed by atoms with Crippen LogP contribution in [0.25, 0.3) is 0 Å². The van der Waals surface area contributed by atoms with E-state index in [0.717, 1.165) is 6.42 Å². The molecule has 0 aromatic heterocycles. The van der Waals surface area contributed by atoms with Gasteiger partial charge in [-0.05, 0) is 12.5 Å². The van der Waals surface area contributed by atoms with Gasteiger partial charge >= 0.3 is 0 Å². The van der Waals surface area contributed by atoms with E-state index >= 15 is 0 Å². The van der Waals surface area contributed by atoms with Crippen molar-refractivity contribution >= 4 is 5.91 Å². The van der Waals surface area contributed by atoms with Crippen LogP contribution < -0.4 is 11.5 Å². The summed E-state index contributed by atoms with van der Waals surface area (Å²) in [6, 6.07) is 0. The van der Waals surface area contributed by atoms with Crippen molar-refractivity contribution in [2.24, 2.45) is 11.5 Å². The lowest BCUT2D eigenvalue weighted by Gasteiger charge is -1.98. The number of hydrogen-bond acceptors (Lipinski definition) is 2. The summed E-state index contributed by atoms with van der Waals surface area (Å²) in [6.45, 7) is 5.41. The van der Waals surface area contributed by atoms with Gasteiger partial charge in [0.1, 0.15) is 0 Å². The highest BCUT2D eigenvalue weighted by atomic mass is 16.1. The summed E-state index contributed by atoms with van der Waals surface area (Å²) in [7, 11) is 0. The minimum absolute atomic E-state index is 0.264. The van der Waals surface area contributed by atoms with E-state index in [1.807, 2.05) is 13.0 Å². The second kappa shape index (κ2) is 5.18. The Morgan fingerprint density at radius 1 is 1.50 bits per heavy atom. The van der Waals surface area contributed by atoms with Crippen molar-refractivity contribution < 1.29 is 4.79 Å². The first-order chi connectivity index (χ1) is 5.63. The van der Waals surface area contributed by atoms with Crippen molar-refractivity contribution in [3.8, 4) is 0 Å². The van der Waals surface area contributed by atoms with Crippen LogP contribution >= 0.6 is 0 Å². The predicted molar refractivity (Wildman–Crippen MR) is 50.0 cm³/mol. The molecule has 0 aliphatic heterocycles. The molecule has 0 aliphatic rings. The van der Waals surface area contributed by atoms with Crippen LogP contribution in [0.1, 0.15) is 13.3 Å². The largest absolute Gasteiger partial charge is 0.398 e. The first-order valence-electron chi connectivity index (χ1n) is 3.72. The maximum Gasteiger partial charge on any atom is 0.250 e.